The van der Waals surface area contributed by atoms with Crippen molar-refractivity contribution in [2.45, 2.75) is 0 Å². The van der Waals surface area contributed by atoms with Gasteiger partial charge in [0.25, 0.3) is 0 Å². The molecule has 0 saturated heterocycles. The molecule has 0 amide bonds. The quantitative estimate of drug-likeness (QED) is 0.722. The summed E-state index contributed by atoms with van der Waals surface area (Å²) in [5.41, 5.74) is 0.845. The van der Waals surface area contributed by atoms with Crippen LogP contribution in [0.3, 0.4) is 0 Å². The molecular formula is C10H10N2O2. The van der Waals surface area contributed by atoms with E-state index in [1.807, 2.05) is 12.1 Å². The van der Waals surface area contributed by atoms with E-state index in [-0.39, 0.29) is 0 Å². The highest BCUT2D eigenvalue weighted by molar-refractivity contribution is 5.86. The summed E-state index contributed by atoms with van der Waals surface area (Å²) < 4.78 is 10.4. The summed E-state index contributed by atoms with van der Waals surface area (Å²) in [5.74, 6) is 1.36. The molecule has 0 unspecified atom stereocenters. The smallest absolute Gasteiger partial charge is 0.171 e. The van der Waals surface area contributed by atoms with Gasteiger partial charge in [0.1, 0.15) is 6.33 Å². The number of hydrogen-bond donors (Lipinski definition) is 0. The lowest BCUT2D eigenvalue weighted by molar-refractivity contribution is 0.358. The van der Waals surface area contributed by atoms with E-state index >= 15 is 0 Å². The molecule has 0 atom stereocenters. The highest BCUT2D eigenvalue weighted by atomic mass is 16.5. The highest BCUT2D eigenvalue weighted by Crippen LogP contribution is 2.33. The van der Waals surface area contributed by atoms with Crippen molar-refractivity contribution in [2.24, 2.45) is 0 Å². The SMILES string of the molecule is COc1ccc2ncncc2c1OC. The Bertz CT molecular complexity index is 457. The van der Waals surface area contributed by atoms with Crippen molar-refractivity contribution in [3.63, 3.8) is 0 Å². The van der Waals surface area contributed by atoms with Crippen LogP contribution in [0.5, 0.6) is 11.5 Å². The van der Waals surface area contributed by atoms with Crippen molar-refractivity contribution < 1.29 is 9.47 Å². The topological polar surface area (TPSA) is 44.2 Å². The summed E-state index contributed by atoms with van der Waals surface area (Å²) >= 11 is 0. The molecule has 1 heterocycles. The van der Waals surface area contributed by atoms with E-state index in [0.717, 1.165) is 10.9 Å². The Kier molecular flexibility index (Phi) is 2.18. The van der Waals surface area contributed by atoms with Gasteiger partial charge in [-0.1, -0.05) is 0 Å². The van der Waals surface area contributed by atoms with Crippen molar-refractivity contribution in [3.05, 3.63) is 24.7 Å². The molecule has 0 N–H and O–H groups in total. The molecule has 14 heavy (non-hydrogen) atoms. The first-order valence-corrected chi connectivity index (χ1v) is 4.17. The summed E-state index contributed by atoms with van der Waals surface area (Å²) in [7, 11) is 3.21. The predicted molar refractivity (Wildman–Crippen MR) is 52.6 cm³/mol. The second-order valence-corrected chi connectivity index (χ2v) is 2.76. The van der Waals surface area contributed by atoms with Crippen LogP contribution in [-0.4, -0.2) is 24.2 Å². The number of hydrogen-bond acceptors (Lipinski definition) is 4. The number of aromatic nitrogens is 2. The van der Waals surface area contributed by atoms with Crippen molar-refractivity contribution in [1.82, 2.24) is 9.97 Å². The van der Waals surface area contributed by atoms with Gasteiger partial charge in [-0.15, -0.1) is 0 Å². The maximum atomic E-state index is 5.24. The Balaban J connectivity index is 2.77. The van der Waals surface area contributed by atoms with Gasteiger partial charge < -0.3 is 9.47 Å². The average molecular weight is 190 g/mol. The molecule has 1 aromatic carbocycles. The second kappa shape index (κ2) is 3.49. The monoisotopic (exact) mass is 190 g/mol. The van der Waals surface area contributed by atoms with Crippen molar-refractivity contribution in [2.75, 3.05) is 14.2 Å². The normalized spacial score (nSPS) is 10.1. The van der Waals surface area contributed by atoms with E-state index in [9.17, 15) is 0 Å². The zero-order valence-corrected chi connectivity index (χ0v) is 8.02. The number of nitrogens with zero attached hydrogens (tertiary/aromatic N) is 2. The van der Waals surface area contributed by atoms with Gasteiger partial charge in [0, 0.05) is 6.20 Å². The molecule has 1 aromatic heterocycles. The minimum atomic E-state index is 0.672. The lowest BCUT2D eigenvalue weighted by atomic mass is 10.2. The van der Waals surface area contributed by atoms with Crippen LogP contribution in [-0.2, 0) is 0 Å². The number of ether oxygens (including phenoxy) is 2. The fourth-order valence-electron chi connectivity index (χ4n) is 1.38. The van der Waals surface area contributed by atoms with E-state index in [1.165, 1.54) is 6.33 Å². The third kappa shape index (κ3) is 1.25. The van der Waals surface area contributed by atoms with Gasteiger partial charge in [-0.25, -0.2) is 9.97 Å². The van der Waals surface area contributed by atoms with Gasteiger partial charge in [0.05, 0.1) is 25.1 Å². The van der Waals surface area contributed by atoms with Gasteiger partial charge in [-0.05, 0) is 12.1 Å². The van der Waals surface area contributed by atoms with Crippen LogP contribution >= 0.6 is 0 Å². The van der Waals surface area contributed by atoms with E-state index < -0.39 is 0 Å². The fourth-order valence-corrected chi connectivity index (χ4v) is 1.38. The van der Waals surface area contributed by atoms with Crippen LogP contribution in [0.2, 0.25) is 0 Å². The molecular weight excluding hydrogens is 180 g/mol. The molecule has 0 spiro atoms. The zero-order valence-electron chi connectivity index (χ0n) is 8.02. The molecule has 2 aromatic rings. The Morgan fingerprint density at radius 3 is 2.71 bits per heavy atom. The molecule has 4 nitrogen and oxygen atoms in total. The third-order valence-electron chi connectivity index (χ3n) is 2.03. The van der Waals surface area contributed by atoms with E-state index in [4.69, 9.17) is 9.47 Å². The summed E-state index contributed by atoms with van der Waals surface area (Å²) in [5, 5.41) is 0.856. The predicted octanol–water partition coefficient (Wildman–Crippen LogP) is 1.65. The summed E-state index contributed by atoms with van der Waals surface area (Å²) in [6.07, 6.45) is 3.22. The molecule has 0 fully saturated rings. The molecule has 0 saturated carbocycles. The number of methoxy groups -OCH3 is 2. The van der Waals surface area contributed by atoms with Crippen LogP contribution in [0.25, 0.3) is 10.9 Å². The Hall–Kier alpha value is -1.84. The van der Waals surface area contributed by atoms with Crippen molar-refractivity contribution in [1.29, 1.82) is 0 Å². The molecule has 0 radical (unpaired) electrons. The molecule has 72 valence electrons. The highest BCUT2D eigenvalue weighted by Gasteiger charge is 2.08. The zero-order chi connectivity index (χ0) is 9.97. The Morgan fingerprint density at radius 1 is 1.14 bits per heavy atom. The lowest BCUT2D eigenvalue weighted by Crippen LogP contribution is -1.92. The Labute approximate surface area is 81.5 Å². The first kappa shape index (κ1) is 8.74. The lowest BCUT2D eigenvalue weighted by Gasteiger charge is -2.08. The molecule has 0 aliphatic carbocycles. The molecule has 0 aliphatic rings. The average Bonchev–Trinajstić information content (AvgIpc) is 2.27. The first-order chi connectivity index (χ1) is 6.86. The van der Waals surface area contributed by atoms with Crippen molar-refractivity contribution >= 4 is 10.9 Å². The van der Waals surface area contributed by atoms with Crippen LogP contribution in [0.15, 0.2) is 24.7 Å². The van der Waals surface area contributed by atoms with Gasteiger partial charge in [-0.3, -0.25) is 0 Å². The maximum Gasteiger partial charge on any atom is 0.171 e. The first-order valence-electron chi connectivity index (χ1n) is 4.17. The van der Waals surface area contributed by atoms with Crippen LogP contribution in [0.1, 0.15) is 0 Å². The standard InChI is InChI=1S/C10H10N2O2/c1-13-9-4-3-8-7(10(9)14-2)5-11-6-12-8/h3-6H,1-2H3. The Morgan fingerprint density at radius 2 is 2.00 bits per heavy atom. The third-order valence-corrected chi connectivity index (χ3v) is 2.03. The van der Waals surface area contributed by atoms with Crippen LogP contribution in [0, 0.1) is 0 Å². The maximum absolute atomic E-state index is 5.24. The van der Waals surface area contributed by atoms with Gasteiger partial charge in [0.2, 0.25) is 0 Å². The van der Waals surface area contributed by atoms with Crippen LogP contribution in [0.4, 0.5) is 0 Å². The van der Waals surface area contributed by atoms with Gasteiger partial charge in [-0.2, -0.15) is 0 Å². The summed E-state index contributed by atoms with van der Waals surface area (Å²) in [6.45, 7) is 0. The fraction of sp³-hybridized carbons (Fsp3) is 0.200. The van der Waals surface area contributed by atoms with Crippen molar-refractivity contribution in [3.8, 4) is 11.5 Å². The largest absolute Gasteiger partial charge is 0.493 e. The van der Waals surface area contributed by atoms with E-state index in [1.54, 1.807) is 20.4 Å². The molecule has 2 rings (SSSR count). The molecule has 0 bridgehead atoms. The molecule has 4 heteroatoms. The van der Waals surface area contributed by atoms with Crippen LogP contribution < -0.4 is 9.47 Å². The minimum absolute atomic E-state index is 0.672. The number of benzene rings is 1. The van der Waals surface area contributed by atoms with Gasteiger partial charge in [0.15, 0.2) is 11.5 Å². The number of rotatable bonds is 2. The van der Waals surface area contributed by atoms with Gasteiger partial charge >= 0.3 is 0 Å². The van der Waals surface area contributed by atoms with E-state index in [2.05, 4.69) is 9.97 Å². The number of fused-ring (bicyclic) bond motifs is 1. The summed E-state index contributed by atoms with van der Waals surface area (Å²) in [6, 6.07) is 3.70. The summed E-state index contributed by atoms with van der Waals surface area (Å²) in [4.78, 5) is 8.07. The second-order valence-electron chi connectivity index (χ2n) is 2.76. The van der Waals surface area contributed by atoms with E-state index in [0.29, 0.717) is 11.5 Å². The minimum Gasteiger partial charge on any atom is -0.493 e. The molecule has 0 aliphatic heterocycles.